The molecule has 1 aliphatic heterocycles. The molecule has 18 heavy (non-hydrogen) atoms. The molecule has 0 bridgehead atoms. The van der Waals surface area contributed by atoms with Gasteiger partial charge in [0.1, 0.15) is 0 Å². The first-order valence-corrected chi connectivity index (χ1v) is 6.52. The van der Waals surface area contributed by atoms with Gasteiger partial charge >= 0.3 is 0 Å². The van der Waals surface area contributed by atoms with Crippen molar-refractivity contribution in [1.29, 1.82) is 0 Å². The lowest BCUT2D eigenvalue weighted by atomic mass is 10.2. The molecule has 98 valence electrons. The van der Waals surface area contributed by atoms with Gasteiger partial charge in [0.15, 0.2) is 0 Å². The number of benzene rings is 1. The zero-order chi connectivity index (χ0) is 13.1. The van der Waals surface area contributed by atoms with Crippen molar-refractivity contribution >= 4 is 28.9 Å². The normalized spacial score (nSPS) is 15.6. The van der Waals surface area contributed by atoms with Gasteiger partial charge in [-0.3, -0.25) is 4.79 Å². The summed E-state index contributed by atoms with van der Waals surface area (Å²) >= 11 is 6.02. The van der Waals surface area contributed by atoms with Crippen LogP contribution in [0.4, 0.5) is 11.4 Å². The third-order valence-corrected chi connectivity index (χ3v) is 3.48. The van der Waals surface area contributed by atoms with Gasteiger partial charge in [-0.1, -0.05) is 11.6 Å². The first-order valence-electron chi connectivity index (χ1n) is 6.14. The topological polar surface area (TPSA) is 49.6 Å². The van der Waals surface area contributed by atoms with Gasteiger partial charge in [-0.15, -0.1) is 0 Å². The number of hydrogen-bond donors (Lipinski definition) is 1. The Hall–Kier alpha value is -1.26. The second kappa shape index (κ2) is 5.59. The highest BCUT2D eigenvalue weighted by Gasteiger charge is 2.23. The summed E-state index contributed by atoms with van der Waals surface area (Å²) in [6.07, 6.45) is 1.44. The van der Waals surface area contributed by atoms with Crippen molar-refractivity contribution in [2.24, 2.45) is 5.73 Å². The molecule has 2 N–H and O–H groups in total. The van der Waals surface area contributed by atoms with Crippen LogP contribution in [0, 0.1) is 0 Å². The second-order valence-corrected chi connectivity index (χ2v) is 4.90. The van der Waals surface area contributed by atoms with Gasteiger partial charge < -0.3 is 15.5 Å². The smallest absolute Gasteiger partial charge is 0.228 e. The van der Waals surface area contributed by atoms with E-state index in [2.05, 4.69) is 4.90 Å². The Balaban J connectivity index is 2.37. The summed E-state index contributed by atoms with van der Waals surface area (Å²) in [5.41, 5.74) is 7.49. The van der Waals surface area contributed by atoms with Crippen LogP contribution in [0.25, 0.3) is 0 Å². The number of rotatable bonds is 3. The highest BCUT2D eigenvalue weighted by atomic mass is 35.5. The van der Waals surface area contributed by atoms with E-state index in [0.717, 1.165) is 30.9 Å². The number of carbonyl (C=O) groups is 1. The third-order valence-electron chi connectivity index (χ3n) is 3.24. The number of halogens is 1. The molecule has 0 saturated heterocycles. The molecule has 5 heteroatoms. The fourth-order valence-corrected chi connectivity index (χ4v) is 2.37. The maximum Gasteiger partial charge on any atom is 0.228 e. The zero-order valence-electron chi connectivity index (χ0n) is 10.5. The number of nitrogens with zero attached hydrogens (tertiary/aromatic N) is 2. The van der Waals surface area contributed by atoms with Gasteiger partial charge in [0.2, 0.25) is 5.91 Å². The minimum Gasteiger partial charge on any atom is -0.369 e. The molecule has 1 amide bonds. The van der Waals surface area contributed by atoms with Crippen molar-refractivity contribution in [2.75, 3.05) is 36.5 Å². The van der Waals surface area contributed by atoms with Gasteiger partial charge in [0, 0.05) is 31.6 Å². The monoisotopic (exact) mass is 267 g/mol. The highest BCUT2D eigenvalue weighted by molar-refractivity contribution is 6.31. The first kappa shape index (κ1) is 13.2. The predicted molar refractivity (Wildman–Crippen MR) is 75.4 cm³/mol. The first-order chi connectivity index (χ1) is 8.63. The summed E-state index contributed by atoms with van der Waals surface area (Å²) in [6.45, 7) is 2.26. The molecule has 1 aromatic rings. The summed E-state index contributed by atoms with van der Waals surface area (Å²) in [6, 6.07) is 5.68. The van der Waals surface area contributed by atoms with Crippen LogP contribution in [0.1, 0.15) is 12.8 Å². The number of fused-ring (bicyclic) bond motifs is 1. The van der Waals surface area contributed by atoms with Crippen LogP contribution in [0.2, 0.25) is 5.02 Å². The predicted octanol–water partition coefficient (Wildman–Crippen LogP) is 1.86. The van der Waals surface area contributed by atoms with Crippen LogP contribution in [-0.2, 0) is 4.79 Å². The Morgan fingerprint density at radius 2 is 2.17 bits per heavy atom. The van der Waals surface area contributed by atoms with Crippen molar-refractivity contribution in [3.8, 4) is 0 Å². The van der Waals surface area contributed by atoms with Crippen LogP contribution < -0.4 is 15.5 Å². The largest absolute Gasteiger partial charge is 0.369 e. The molecule has 0 unspecified atom stereocenters. The quantitative estimate of drug-likeness (QED) is 0.910. The van der Waals surface area contributed by atoms with E-state index in [1.165, 1.54) is 0 Å². The number of anilines is 2. The van der Waals surface area contributed by atoms with E-state index in [4.69, 9.17) is 17.3 Å². The summed E-state index contributed by atoms with van der Waals surface area (Å²) < 4.78 is 0. The van der Waals surface area contributed by atoms with Crippen molar-refractivity contribution in [1.82, 2.24) is 0 Å². The minimum atomic E-state index is 0.119. The summed E-state index contributed by atoms with van der Waals surface area (Å²) in [5.74, 6) is 0.119. The van der Waals surface area contributed by atoms with E-state index < -0.39 is 0 Å². The third kappa shape index (κ3) is 2.60. The molecule has 4 nitrogen and oxygen atoms in total. The van der Waals surface area contributed by atoms with Gasteiger partial charge in [-0.25, -0.2) is 0 Å². The van der Waals surface area contributed by atoms with E-state index in [1.54, 1.807) is 11.9 Å². The van der Waals surface area contributed by atoms with Crippen molar-refractivity contribution < 1.29 is 4.79 Å². The van der Waals surface area contributed by atoms with Crippen LogP contribution in [0.15, 0.2) is 18.2 Å². The summed E-state index contributed by atoms with van der Waals surface area (Å²) in [4.78, 5) is 15.8. The molecule has 0 aliphatic carbocycles. The molecule has 1 aromatic carbocycles. The van der Waals surface area contributed by atoms with E-state index in [1.807, 2.05) is 18.2 Å². The second-order valence-electron chi connectivity index (χ2n) is 4.47. The number of amides is 1. The fraction of sp³-hybridized carbons (Fsp3) is 0.462. The Bertz CT molecular complexity index is 450. The molecule has 0 spiro atoms. The van der Waals surface area contributed by atoms with Crippen molar-refractivity contribution in [3.05, 3.63) is 23.2 Å². The molecule has 0 atom stereocenters. The maximum absolute atomic E-state index is 11.9. The van der Waals surface area contributed by atoms with E-state index in [9.17, 15) is 4.79 Å². The van der Waals surface area contributed by atoms with E-state index in [-0.39, 0.29) is 5.91 Å². The Kier molecular flexibility index (Phi) is 4.09. The Morgan fingerprint density at radius 3 is 2.89 bits per heavy atom. The van der Waals surface area contributed by atoms with Gasteiger partial charge in [0.25, 0.3) is 0 Å². The van der Waals surface area contributed by atoms with Crippen LogP contribution >= 0.6 is 11.6 Å². The van der Waals surface area contributed by atoms with Crippen molar-refractivity contribution in [3.63, 3.8) is 0 Å². The lowest BCUT2D eigenvalue weighted by Crippen LogP contribution is -2.27. The van der Waals surface area contributed by atoms with E-state index >= 15 is 0 Å². The van der Waals surface area contributed by atoms with Crippen LogP contribution in [0.3, 0.4) is 0 Å². The molecule has 1 aliphatic rings. The van der Waals surface area contributed by atoms with Gasteiger partial charge in [-0.2, -0.15) is 0 Å². The van der Waals surface area contributed by atoms with Crippen LogP contribution in [0.5, 0.6) is 0 Å². The molecular formula is C13H18ClN3O. The standard InChI is InChI=1S/C13H18ClN3O/c1-16-12-9-10(14)3-4-11(12)17(7-2-6-15)8-5-13(16)18/h3-4,9H,2,5-8,15H2,1H3. The molecule has 2 rings (SSSR count). The van der Waals surface area contributed by atoms with Crippen molar-refractivity contribution in [2.45, 2.75) is 12.8 Å². The molecule has 0 aromatic heterocycles. The average molecular weight is 268 g/mol. The summed E-state index contributed by atoms with van der Waals surface area (Å²) in [5, 5.41) is 0.647. The fourth-order valence-electron chi connectivity index (χ4n) is 2.20. The summed E-state index contributed by atoms with van der Waals surface area (Å²) in [7, 11) is 1.80. The minimum absolute atomic E-state index is 0.119. The Morgan fingerprint density at radius 1 is 1.39 bits per heavy atom. The molecule has 0 radical (unpaired) electrons. The van der Waals surface area contributed by atoms with E-state index in [0.29, 0.717) is 18.0 Å². The Labute approximate surface area is 112 Å². The molecule has 0 fully saturated rings. The highest BCUT2D eigenvalue weighted by Crippen LogP contribution is 2.34. The van der Waals surface area contributed by atoms with Gasteiger partial charge in [-0.05, 0) is 31.2 Å². The average Bonchev–Trinajstić information content (AvgIpc) is 2.48. The molecular weight excluding hydrogens is 250 g/mol. The number of carbonyl (C=O) groups excluding carboxylic acids is 1. The SMILES string of the molecule is CN1C(=O)CCN(CCCN)c2ccc(Cl)cc21. The maximum atomic E-state index is 11.9. The molecule has 1 heterocycles. The van der Waals surface area contributed by atoms with Gasteiger partial charge in [0.05, 0.1) is 11.4 Å². The lowest BCUT2D eigenvalue weighted by Gasteiger charge is -2.25. The molecule has 0 saturated carbocycles. The number of hydrogen-bond acceptors (Lipinski definition) is 3. The van der Waals surface area contributed by atoms with Crippen LogP contribution in [-0.4, -0.2) is 32.6 Å². The zero-order valence-corrected chi connectivity index (χ0v) is 11.3. The lowest BCUT2D eigenvalue weighted by molar-refractivity contribution is -0.118. The number of nitrogens with two attached hydrogens (primary N) is 1.